The first kappa shape index (κ1) is 17.9. The predicted molar refractivity (Wildman–Crippen MR) is 106 cm³/mol. The number of aromatic nitrogens is 1. The molecule has 0 radical (unpaired) electrons. The van der Waals surface area contributed by atoms with Gasteiger partial charge in [0.1, 0.15) is 5.82 Å². The number of amides is 1. The summed E-state index contributed by atoms with van der Waals surface area (Å²) in [6.45, 7) is 4.65. The van der Waals surface area contributed by atoms with Crippen molar-refractivity contribution in [1.82, 2.24) is 9.88 Å². The first-order valence-corrected chi connectivity index (χ1v) is 9.65. The summed E-state index contributed by atoms with van der Waals surface area (Å²) >= 11 is 7.77. The Morgan fingerprint density at radius 3 is 2.89 bits per heavy atom. The second kappa shape index (κ2) is 7.25. The first-order valence-electron chi connectivity index (χ1n) is 8.46. The lowest BCUT2D eigenvalue weighted by Crippen LogP contribution is -2.37. The van der Waals surface area contributed by atoms with Gasteiger partial charge in [0, 0.05) is 29.1 Å². The lowest BCUT2D eigenvalue weighted by atomic mass is 9.84. The standard InChI is InChI=1S/C21H16ClFN2OS/c1-2-21(26)25-11-18(17-8-20(22)27-19(17)12-25)16-6-4-3-5-15(16)13-7-14(23)10-24-9-13/h2-10,18H,1,11-12H2/t18-/m0/s1. The van der Waals surface area contributed by atoms with Crippen LogP contribution in [-0.2, 0) is 11.3 Å². The first-order chi connectivity index (χ1) is 13.1. The van der Waals surface area contributed by atoms with Gasteiger partial charge in [0.25, 0.3) is 0 Å². The van der Waals surface area contributed by atoms with E-state index in [1.165, 1.54) is 29.7 Å². The topological polar surface area (TPSA) is 33.2 Å². The number of halogens is 2. The Bertz CT molecular complexity index is 1030. The molecule has 1 aliphatic heterocycles. The average molecular weight is 399 g/mol. The number of nitrogens with zero attached hydrogens (tertiary/aromatic N) is 2. The van der Waals surface area contributed by atoms with Crippen LogP contribution in [0.1, 0.15) is 21.9 Å². The molecule has 4 rings (SSSR count). The van der Waals surface area contributed by atoms with Crippen LogP contribution in [-0.4, -0.2) is 22.3 Å². The van der Waals surface area contributed by atoms with Gasteiger partial charge in [-0.1, -0.05) is 42.4 Å². The quantitative estimate of drug-likeness (QED) is 0.563. The summed E-state index contributed by atoms with van der Waals surface area (Å²) in [7, 11) is 0. The van der Waals surface area contributed by atoms with E-state index in [1.54, 1.807) is 11.1 Å². The zero-order valence-electron chi connectivity index (χ0n) is 14.4. The highest BCUT2D eigenvalue weighted by molar-refractivity contribution is 7.16. The monoisotopic (exact) mass is 398 g/mol. The fourth-order valence-electron chi connectivity index (χ4n) is 3.57. The molecule has 3 heterocycles. The summed E-state index contributed by atoms with van der Waals surface area (Å²) in [6.07, 6.45) is 4.17. The maximum Gasteiger partial charge on any atom is 0.246 e. The van der Waals surface area contributed by atoms with Gasteiger partial charge >= 0.3 is 0 Å². The molecular formula is C21H16ClFN2OS. The Kier molecular flexibility index (Phi) is 4.81. The maximum atomic E-state index is 13.7. The van der Waals surface area contributed by atoms with E-state index < -0.39 is 0 Å². The molecule has 1 amide bonds. The highest BCUT2D eigenvalue weighted by atomic mass is 35.5. The van der Waals surface area contributed by atoms with Crippen molar-refractivity contribution >= 4 is 28.8 Å². The summed E-state index contributed by atoms with van der Waals surface area (Å²) in [4.78, 5) is 19.1. The molecule has 2 aromatic heterocycles. The van der Waals surface area contributed by atoms with Crippen LogP contribution in [0, 0.1) is 5.82 Å². The Balaban J connectivity index is 1.85. The summed E-state index contributed by atoms with van der Waals surface area (Å²) in [5, 5.41) is 0. The van der Waals surface area contributed by atoms with Crippen LogP contribution in [0.3, 0.4) is 0 Å². The fourth-order valence-corrected chi connectivity index (χ4v) is 4.93. The van der Waals surface area contributed by atoms with E-state index in [2.05, 4.69) is 11.6 Å². The van der Waals surface area contributed by atoms with E-state index in [1.807, 2.05) is 30.3 Å². The molecular weight excluding hydrogens is 383 g/mol. The Labute approximate surface area is 165 Å². The van der Waals surface area contributed by atoms with Gasteiger partial charge < -0.3 is 4.90 Å². The smallest absolute Gasteiger partial charge is 0.246 e. The molecule has 0 spiro atoms. The van der Waals surface area contributed by atoms with Crippen molar-refractivity contribution in [2.24, 2.45) is 0 Å². The molecule has 0 fully saturated rings. The normalized spacial score (nSPS) is 16.1. The van der Waals surface area contributed by atoms with Gasteiger partial charge in [0.15, 0.2) is 0 Å². The van der Waals surface area contributed by atoms with E-state index in [9.17, 15) is 9.18 Å². The zero-order chi connectivity index (χ0) is 19.0. The molecule has 0 bridgehead atoms. The Morgan fingerprint density at radius 1 is 1.30 bits per heavy atom. The van der Waals surface area contributed by atoms with Crippen LogP contribution < -0.4 is 0 Å². The van der Waals surface area contributed by atoms with Gasteiger partial charge in [-0.2, -0.15) is 0 Å². The predicted octanol–water partition coefficient (Wildman–Crippen LogP) is 5.26. The minimum Gasteiger partial charge on any atom is -0.333 e. The zero-order valence-corrected chi connectivity index (χ0v) is 15.9. The molecule has 136 valence electrons. The third-order valence-electron chi connectivity index (χ3n) is 4.76. The molecule has 1 aromatic carbocycles. The molecule has 3 aromatic rings. The average Bonchev–Trinajstić information content (AvgIpc) is 3.06. The Morgan fingerprint density at radius 2 is 2.11 bits per heavy atom. The summed E-state index contributed by atoms with van der Waals surface area (Å²) < 4.78 is 14.4. The number of pyridine rings is 1. The number of carbonyl (C=O) groups excluding carboxylic acids is 1. The number of benzene rings is 1. The van der Waals surface area contributed by atoms with Crippen molar-refractivity contribution in [3.8, 4) is 11.1 Å². The van der Waals surface area contributed by atoms with Crippen LogP contribution in [0.2, 0.25) is 4.34 Å². The highest BCUT2D eigenvalue weighted by Gasteiger charge is 2.31. The molecule has 3 nitrogen and oxygen atoms in total. The summed E-state index contributed by atoms with van der Waals surface area (Å²) in [6, 6.07) is 11.3. The van der Waals surface area contributed by atoms with Crippen LogP contribution in [0.15, 0.2) is 61.4 Å². The molecule has 6 heteroatoms. The number of thiophene rings is 1. The van der Waals surface area contributed by atoms with Crippen molar-refractivity contribution in [2.75, 3.05) is 6.54 Å². The molecule has 0 unspecified atom stereocenters. The minimum absolute atomic E-state index is 0.0548. The van der Waals surface area contributed by atoms with Crippen molar-refractivity contribution < 1.29 is 9.18 Å². The Hall–Kier alpha value is -2.50. The van der Waals surface area contributed by atoms with Gasteiger partial charge in [-0.3, -0.25) is 9.78 Å². The second-order valence-corrected chi connectivity index (χ2v) is 8.15. The van der Waals surface area contributed by atoms with Gasteiger partial charge in [0.2, 0.25) is 5.91 Å². The maximum absolute atomic E-state index is 13.7. The molecule has 0 saturated heterocycles. The minimum atomic E-state index is -0.381. The van der Waals surface area contributed by atoms with Gasteiger partial charge in [-0.25, -0.2) is 4.39 Å². The van der Waals surface area contributed by atoms with Crippen LogP contribution >= 0.6 is 22.9 Å². The van der Waals surface area contributed by atoms with Crippen molar-refractivity contribution in [3.63, 3.8) is 0 Å². The third kappa shape index (κ3) is 3.40. The van der Waals surface area contributed by atoms with Crippen LogP contribution in [0.25, 0.3) is 11.1 Å². The number of hydrogen-bond acceptors (Lipinski definition) is 3. The van der Waals surface area contributed by atoms with Crippen molar-refractivity contribution in [2.45, 2.75) is 12.5 Å². The van der Waals surface area contributed by atoms with E-state index in [0.29, 0.717) is 23.0 Å². The largest absolute Gasteiger partial charge is 0.333 e. The van der Waals surface area contributed by atoms with Gasteiger partial charge in [0.05, 0.1) is 17.1 Å². The molecule has 1 atom stereocenters. The SMILES string of the molecule is C=CC(=O)N1Cc2sc(Cl)cc2[C@H](c2ccccc2-c2cncc(F)c2)C1. The van der Waals surface area contributed by atoms with Gasteiger partial charge in [-0.05, 0) is 34.9 Å². The molecule has 27 heavy (non-hydrogen) atoms. The van der Waals surface area contributed by atoms with Crippen molar-refractivity contribution in [3.05, 3.63) is 87.6 Å². The van der Waals surface area contributed by atoms with Crippen LogP contribution in [0.5, 0.6) is 0 Å². The van der Waals surface area contributed by atoms with E-state index in [-0.39, 0.29) is 17.6 Å². The van der Waals surface area contributed by atoms with E-state index in [0.717, 1.165) is 21.6 Å². The molecule has 0 N–H and O–H groups in total. The molecule has 1 aliphatic rings. The number of hydrogen-bond donors (Lipinski definition) is 0. The summed E-state index contributed by atoms with van der Waals surface area (Å²) in [5.41, 5.74) is 3.74. The highest BCUT2D eigenvalue weighted by Crippen LogP contribution is 2.42. The van der Waals surface area contributed by atoms with Crippen molar-refractivity contribution in [1.29, 1.82) is 0 Å². The van der Waals surface area contributed by atoms with E-state index >= 15 is 0 Å². The fraction of sp³-hybridized carbons (Fsp3) is 0.143. The number of rotatable bonds is 3. The lowest BCUT2D eigenvalue weighted by molar-refractivity contribution is -0.127. The van der Waals surface area contributed by atoms with Crippen LogP contribution in [0.4, 0.5) is 4.39 Å². The number of carbonyl (C=O) groups is 1. The third-order valence-corrected chi connectivity index (χ3v) is 6.03. The number of fused-ring (bicyclic) bond motifs is 1. The lowest BCUT2D eigenvalue weighted by Gasteiger charge is -2.33. The molecule has 0 saturated carbocycles. The van der Waals surface area contributed by atoms with E-state index in [4.69, 9.17) is 11.6 Å². The molecule has 0 aliphatic carbocycles. The second-order valence-electron chi connectivity index (χ2n) is 6.38. The van der Waals surface area contributed by atoms with Gasteiger partial charge in [-0.15, -0.1) is 11.3 Å². The summed E-state index contributed by atoms with van der Waals surface area (Å²) in [5.74, 6) is -0.547.